The van der Waals surface area contributed by atoms with Gasteiger partial charge in [-0.1, -0.05) is 0 Å². The Labute approximate surface area is 132 Å². The van der Waals surface area contributed by atoms with Crippen molar-refractivity contribution in [2.24, 2.45) is 0 Å². The minimum atomic E-state index is -0.716. The van der Waals surface area contributed by atoms with E-state index in [1.807, 2.05) is 25.1 Å². The van der Waals surface area contributed by atoms with Crippen LogP contribution in [0.15, 0.2) is 23.2 Å². The van der Waals surface area contributed by atoms with E-state index in [9.17, 15) is 5.11 Å². The Morgan fingerprint density at radius 3 is 2.86 bits per heavy atom. The molecular weight excluding hydrogens is 334 g/mol. The SMILES string of the molecule is CN(C)CCn1ncc(Br)c1C(O)c1cncn1C1CC1. The smallest absolute Gasteiger partial charge is 0.138 e. The van der Waals surface area contributed by atoms with Gasteiger partial charge in [-0.05, 0) is 42.9 Å². The largest absolute Gasteiger partial charge is 0.380 e. The molecule has 0 amide bonds. The van der Waals surface area contributed by atoms with E-state index in [1.54, 1.807) is 12.4 Å². The van der Waals surface area contributed by atoms with Crippen molar-refractivity contribution in [2.45, 2.75) is 31.5 Å². The van der Waals surface area contributed by atoms with E-state index in [-0.39, 0.29) is 0 Å². The first-order valence-electron chi connectivity index (χ1n) is 7.13. The van der Waals surface area contributed by atoms with Crippen molar-refractivity contribution in [1.29, 1.82) is 0 Å². The number of aliphatic hydroxyl groups is 1. The molecule has 21 heavy (non-hydrogen) atoms. The zero-order valence-electron chi connectivity index (χ0n) is 12.3. The molecular formula is C14H20BrN5O. The van der Waals surface area contributed by atoms with Crippen LogP contribution in [-0.4, -0.2) is 50.0 Å². The van der Waals surface area contributed by atoms with E-state index in [1.165, 1.54) is 0 Å². The quantitative estimate of drug-likeness (QED) is 0.860. The van der Waals surface area contributed by atoms with Gasteiger partial charge in [0.25, 0.3) is 0 Å². The highest BCUT2D eigenvalue weighted by molar-refractivity contribution is 9.10. The molecule has 7 heteroatoms. The molecule has 114 valence electrons. The Hall–Kier alpha value is -1.18. The molecule has 2 aromatic rings. The number of hydrogen-bond acceptors (Lipinski definition) is 4. The predicted octanol–water partition coefficient (Wildman–Crippen LogP) is 1.82. The summed E-state index contributed by atoms with van der Waals surface area (Å²) in [6, 6.07) is 0.495. The average molecular weight is 354 g/mol. The molecule has 0 saturated heterocycles. The fourth-order valence-electron chi connectivity index (χ4n) is 2.44. The van der Waals surface area contributed by atoms with Crippen LogP contribution in [-0.2, 0) is 6.54 Å². The molecule has 0 spiro atoms. The van der Waals surface area contributed by atoms with Gasteiger partial charge in [0, 0.05) is 12.6 Å². The van der Waals surface area contributed by atoms with Gasteiger partial charge in [0.15, 0.2) is 0 Å². The normalized spacial score (nSPS) is 16.6. The lowest BCUT2D eigenvalue weighted by atomic mass is 10.2. The minimum absolute atomic E-state index is 0.495. The van der Waals surface area contributed by atoms with Crippen molar-refractivity contribution >= 4 is 15.9 Å². The molecule has 1 saturated carbocycles. The molecule has 0 radical (unpaired) electrons. The maximum atomic E-state index is 10.8. The van der Waals surface area contributed by atoms with Crippen LogP contribution in [0.3, 0.4) is 0 Å². The van der Waals surface area contributed by atoms with Crippen molar-refractivity contribution in [2.75, 3.05) is 20.6 Å². The predicted molar refractivity (Wildman–Crippen MR) is 83.0 cm³/mol. The summed E-state index contributed by atoms with van der Waals surface area (Å²) in [6.07, 6.45) is 6.91. The number of imidazole rings is 1. The van der Waals surface area contributed by atoms with Crippen LogP contribution in [0.5, 0.6) is 0 Å². The maximum absolute atomic E-state index is 10.8. The second kappa shape index (κ2) is 5.90. The molecule has 1 aliphatic rings. The molecule has 1 fully saturated rings. The van der Waals surface area contributed by atoms with Crippen molar-refractivity contribution in [3.8, 4) is 0 Å². The number of rotatable bonds is 6. The summed E-state index contributed by atoms with van der Waals surface area (Å²) >= 11 is 3.50. The fraction of sp³-hybridized carbons (Fsp3) is 0.571. The van der Waals surface area contributed by atoms with Gasteiger partial charge < -0.3 is 14.6 Å². The average Bonchev–Trinajstić information content (AvgIpc) is 3.05. The summed E-state index contributed by atoms with van der Waals surface area (Å²) in [7, 11) is 4.05. The molecule has 2 heterocycles. The first-order chi connectivity index (χ1) is 10.1. The second-order valence-electron chi connectivity index (χ2n) is 5.76. The Bertz CT molecular complexity index is 617. The Morgan fingerprint density at radius 2 is 2.19 bits per heavy atom. The molecule has 1 unspecified atom stereocenters. The van der Waals surface area contributed by atoms with Gasteiger partial charge in [0.05, 0.1) is 41.1 Å². The summed E-state index contributed by atoms with van der Waals surface area (Å²) in [6.45, 7) is 1.61. The summed E-state index contributed by atoms with van der Waals surface area (Å²) in [5.74, 6) is 0. The van der Waals surface area contributed by atoms with Crippen molar-refractivity contribution < 1.29 is 5.11 Å². The van der Waals surface area contributed by atoms with E-state index in [2.05, 4.69) is 35.5 Å². The summed E-state index contributed by atoms with van der Waals surface area (Å²) in [5.41, 5.74) is 1.63. The molecule has 0 aromatic carbocycles. The molecule has 1 N–H and O–H groups in total. The molecule has 1 atom stereocenters. The minimum Gasteiger partial charge on any atom is -0.380 e. The zero-order chi connectivity index (χ0) is 15.0. The van der Waals surface area contributed by atoms with Crippen LogP contribution < -0.4 is 0 Å². The Balaban J connectivity index is 1.88. The first-order valence-corrected chi connectivity index (χ1v) is 7.93. The number of nitrogens with zero attached hydrogens (tertiary/aromatic N) is 5. The fourth-order valence-corrected chi connectivity index (χ4v) is 2.95. The number of likely N-dealkylation sites (N-methyl/N-ethyl adjacent to an activating group) is 1. The first kappa shape index (κ1) is 14.7. The maximum Gasteiger partial charge on any atom is 0.138 e. The molecule has 2 aromatic heterocycles. The van der Waals surface area contributed by atoms with Gasteiger partial charge in [-0.3, -0.25) is 4.68 Å². The lowest BCUT2D eigenvalue weighted by molar-refractivity contribution is 0.195. The van der Waals surface area contributed by atoms with Crippen LogP contribution in [0.2, 0.25) is 0 Å². The zero-order valence-corrected chi connectivity index (χ0v) is 13.9. The molecule has 3 rings (SSSR count). The van der Waals surface area contributed by atoms with Gasteiger partial charge in [-0.15, -0.1) is 0 Å². The van der Waals surface area contributed by atoms with Crippen LogP contribution >= 0.6 is 15.9 Å². The molecule has 1 aliphatic carbocycles. The summed E-state index contributed by atoms with van der Waals surface area (Å²) < 4.78 is 4.77. The van der Waals surface area contributed by atoms with Crippen molar-refractivity contribution in [3.63, 3.8) is 0 Å². The highest BCUT2D eigenvalue weighted by atomic mass is 79.9. The van der Waals surface area contributed by atoms with E-state index >= 15 is 0 Å². The monoisotopic (exact) mass is 353 g/mol. The number of hydrogen-bond donors (Lipinski definition) is 1. The van der Waals surface area contributed by atoms with Gasteiger partial charge in [0.2, 0.25) is 0 Å². The highest BCUT2D eigenvalue weighted by Gasteiger charge is 2.29. The van der Waals surface area contributed by atoms with Crippen molar-refractivity contribution in [3.05, 3.63) is 34.6 Å². The van der Waals surface area contributed by atoms with Crippen LogP contribution in [0.1, 0.15) is 36.4 Å². The third-order valence-electron chi connectivity index (χ3n) is 3.77. The molecule has 0 bridgehead atoms. The molecule has 0 aliphatic heterocycles. The topological polar surface area (TPSA) is 59.1 Å². The number of aromatic nitrogens is 4. The lowest BCUT2D eigenvalue weighted by Crippen LogP contribution is -2.21. The van der Waals surface area contributed by atoms with E-state index in [0.29, 0.717) is 6.04 Å². The van der Waals surface area contributed by atoms with Gasteiger partial charge in [-0.2, -0.15) is 5.10 Å². The van der Waals surface area contributed by atoms with Gasteiger partial charge >= 0.3 is 0 Å². The lowest BCUT2D eigenvalue weighted by Gasteiger charge is -2.17. The molecule has 6 nitrogen and oxygen atoms in total. The number of aliphatic hydroxyl groups excluding tert-OH is 1. The van der Waals surface area contributed by atoms with E-state index in [4.69, 9.17) is 0 Å². The Morgan fingerprint density at radius 1 is 1.43 bits per heavy atom. The Kier molecular flexibility index (Phi) is 4.14. The van der Waals surface area contributed by atoms with Crippen LogP contribution in [0.25, 0.3) is 0 Å². The summed E-state index contributed by atoms with van der Waals surface area (Å²) in [5, 5.41) is 15.2. The third kappa shape index (κ3) is 3.04. The number of halogens is 1. The third-order valence-corrected chi connectivity index (χ3v) is 4.38. The standard InChI is InChI=1S/C14H20BrN5O/c1-18(2)5-6-20-13(11(15)7-17-20)14(21)12-8-16-9-19(12)10-3-4-10/h7-10,14,21H,3-6H2,1-2H3. The van der Waals surface area contributed by atoms with Crippen molar-refractivity contribution in [1.82, 2.24) is 24.2 Å². The summed E-state index contributed by atoms with van der Waals surface area (Å²) in [4.78, 5) is 6.30. The highest BCUT2D eigenvalue weighted by Crippen LogP contribution is 2.38. The van der Waals surface area contributed by atoms with Gasteiger partial charge in [-0.25, -0.2) is 4.98 Å². The van der Waals surface area contributed by atoms with Crippen LogP contribution in [0.4, 0.5) is 0 Å². The van der Waals surface area contributed by atoms with E-state index in [0.717, 1.165) is 41.8 Å². The van der Waals surface area contributed by atoms with E-state index < -0.39 is 6.10 Å². The van der Waals surface area contributed by atoms with Crippen LogP contribution in [0, 0.1) is 0 Å². The second-order valence-corrected chi connectivity index (χ2v) is 6.62. The van der Waals surface area contributed by atoms with Gasteiger partial charge in [0.1, 0.15) is 6.10 Å².